The predicted octanol–water partition coefficient (Wildman–Crippen LogP) is 1.02. The van der Waals surface area contributed by atoms with E-state index in [4.69, 9.17) is 21.4 Å². The Bertz CT molecular complexity index is 600. The number of carboxylic acid groups (broad SMARTS) is 1. The Morgan fingerprint density at radius 1 is 1.28 bits per heavy atom. The van der Waals surface area contributed by atoms with Crippen LogP contribution in [0.5, 0.6) is 0 Å². The second-order valence-corrected chi connectivity index (χ2v) is 3.17. The first-order valence-corrected chi connectivity index (χ1v) is 4.76. The van der Waals surface area contributed by atoms with Gasteiger partial charge in [-0.3, -0.25) is 0 Å². The molecular weight excluding hydrogens is 232 g/mol. The van der Waals surface area contributed by atoms with Gasteiger partial charge in [0.05, 0.1) is 5.56 Å². The Kier molecular flexibility index (Phi) is 4.19. The maximum atomic E-state index is 10.6. The van der Waals surface area contributed by atoms with Gasteiger partial charge in [-0.15, -0.1) is 0 Å². The van der Waals surface area contributed by atoms with Gasteiger partial charge in [0.25, 0.3) is 0 Å². The summed E-state index contributed by atoms with van der Waals surface area (Å²) in [4.78, 5) is 14.4. The molecular formula is C12H8N4O2. The van der Waals surface area contributed by atoms with E-state index in [-0.39, 0.29) is 17.0 Å². The molecule has 3 N–H and O–H groups in total. The predicted molar refractivity (Wildman–Crippen MR) is 63.4 cm³/mol. The monoisotopic (exact) mass is 240 g/mol. The molecule has 0 unspecified atom stereocenters. The topological polar surface area (TPSA) is 123 Å². The van der Waals surface area contributed by atoms with E-state index in [9.17, 15) is 4.79 Å². The maximum Gasteiger partial charge on any atom is 0.335 e. The van der Waals surface area contributed by atoms with Crippen LogP contribution in [-0.2, 0) is 0 Å². The summed E-state index contributed by atoms with van der Waals surface area (Å²) in [5.41, 5.74) is 5.56. The van der Waals surface area contributed by atoms with Crippen LogP contribution >= 0.6 is 0 Å². The number of nitrogens with two attached hydrogens (primary N) is 1. The highest BCUT2D eigenvalue weighted by Crippen LogP contribution is 2.04. The average molecular weight is 240 g/mol. The molecule has 1 rings (SSSR count). The van der Waals surface area contributed by atoms with E-state index in [2.05, 4.69) is 4.99 Å². The van der Waals surface area contributed by atoms with E-state index in [0.29, 0.717) is 5.56 Å². The second kappa shape index (κ2) is 5.83. The van der Waals surface area contributed by atoms with Gasteiger partial charge in [-0.2, -0.15) is 10.5 Å². The number of hydrogen-bond acceptors (Lipinski definition) is 5. The van der Waals surface area contributed by atoms with Gasteiger partial charge >= 0.3 is 5.97 Å². The molecule has 0 spiro atoms. The van der Waals surface area contributed by atoms with E-state index in [1.54, 1.807) is 12.1 Å². The van der Waals surface area contributed by atoms with Crippen LogP contribution in [0, 0.1) is 22.7 Å². The van der Waals surface area contributed by atoms with E-state index in [1.165, 1.54) is 30.5 Å². The van der Waals surface area contributed by atoms with E-state index < -0.39 is 5.97 Å². The summed E-state index contributed by atoms with van der Waals surface area (Å²) in [6.07, 6.45) is 1.33. The zero-order chi connectivity index (χ0) is 13.5. The van der Waals surface area contributed by atoms with Crippen molar-refractivity contribution < 1.29 is 9.90 Å². The number of aromatic carboxylic acids is 1. The fourth-order valence-corrected chi connectivity index (χ4v) is 1.06. The second-order valence-electron chi connectivity index (χ2n) is 3.17. The van der Waals surface area contributed by atoms with Crippen LogP contribution in [-0.4, -0.2) is 17.3 Å². The van der Waals surface area contributed by atoms with Crippen LogP contribution in [0.2, 0.25) is 0 Å². The van der Waals surface area contributed by atoms with Crippen molar-refractivity contribution in [2.45, 2.75) is 0 Å². The highest BCUT2D eigenvalue weighted by molar-refractivity contribution is 5.89. The molecule has 18 heavy (non-hydrogen) atoms. The van der Waals surface area contributed by atoms with Gasteiger partial charge < -0.3 is 10.8 Å². The minimum absolute atomic E-state index is 0.153. The molecule has 0 aliphatic heterocycles. The third-order valence-corrected chi connectivity index (χ3v) is 1.98. The van der Waals surface area contributed by atoms with Crippen molar-refractivity contribution in [2.75, 3.05) is 0 Å². The summed E-state index contributed by atoms with van der Waals surface area (Å²) >= 11 is 0. The van der Waals surface area contributed by atoms with Gasteiger partial charge in [0.1, 0.15) is 17.8 Å². The van der Waals surface area contributed by atoms with Crippen molar-refractivity contribution in [1.29, 1.82) is 10.5 Å². The van der Waals surface area contributed by atoms with Gasteiger partial charge in [0, 0.05) is 6.21 Å². The molecule has 0 saturated carbocycles. The number of carbonyl (C=O) groups is 1. The first-order valence-electron chi connectivity index (χ1n) is 4.76. The number of benzene rings is 1. The van der Waals surface area contributed by atoms with Crippen molar-refractivity contribution >= 4 is 12.2 Å². The smallest absolute Gasteiger partial charge is 0.335 e. The van der Waals surface area contributed by atoms with Gasteiger partial charge in [-0.05, 0) is 17.7 Å². The Morgan fingerprint density at radius 3 is 2.33 bits per heavy atom. The summed E-state index contributed by atoms with van der Waals surface area (Å²) in [6.45, 7) is 0. The minimum Gasteiger partial charge on any atom is -0.478 e. The van der Waals surface area contributed by atoms with Gasteiger partial charge in [-0.25, -0.2) is 9.79 Å². The quantitative estimate of drug-likeness (QED) is 0.603. The molecule has 0 fully saturated rings. The van der Waals surface area contributed by atoms with Crippen molar-refractivity contribution in [3.63, 3.8) is 0 Å². The lowest BCUT2D eigenvalue weighted by Gasteiger charge is -1.95. The van der Waals surface area contributed by atoms with Crippen molar-refractivity contribution in [2.24, 2.45) is 10.7 Å². The zero-order valence-corrected chi connectivity index (χ0v) is 9.16. The van der Waals surface area contributed by atoms with Gasteiger partial charge in [0.15, 0.2) is 5.70 Å². The third-order valence-electron chi connectivity index (χ3n) is 1.98. The molecule has 0 bridgehead atoms. The molecule has 0 aliphatic carbocycles. The number of aliphatic imine (C=N–C) groups is 1. The lowest BCUT2D eigenvalue weighted by Crippen LogP contribution is -1.98. The molecule has 6 heteroatoms. The number of rotatable bonds is 3. The van der Waals surface area contributed by atoms with Crippen molar-refractivity contribution in [1.82, 2.24) is 0 Å². The first-order chi connectivity index (χ1) is 8.58. The number of hydrogen-bond donors (Lipinski definition) is 2. The van der Waals surface area contributed by atoms with Gasteiger partial charge in [-0.1, -0.05) is 12.1 Å². The fraction of sp³-hybridized carbons (Fsp3) is 0. The highest BCUT2D eigenvalue weighted by Gasteiger charge is 2.01. The summed E-state index contributed by atoms with van der Waals surface area (Å²) in [6, 6.07) is 9.20. The molecule has 0 aromatic heterocycles. The third kappa shape index (κ3) is 3.19. The Morgan fingerprint density at radius 2 is 1.89 bits per heavy atom. The number of nitrogens with zero attached hydrogens (tertiary/aromatic N) is 3. The SMILES string of the molecule is N#C/C(N)=C(/C#N)N=Cc1ccc(C(=O)O)cc1. The number of allylic oxidation sites excluding steroid dienone is 2. The maximum absolute atomic E-state index is 10.6. The number of nitriles is 2. The molecule has 0 amide bonds. The Balaban J connectivity index is 2.96. The lowest BCUT2D eigenvalue weighted by atomic mass is 10.1. The fourth-order valence-electron chi connectivity index (χ4n) is 1.06. The Hall–Kier alpha value is -3.12. The van der Waals surface area contributed by atoms with Crippen LogP contribution in [0.3, 0.4) is 0 Å². The molecule has 88 valence electrons. The average Bonchev–Trinajstić information content (AvgIpc) is 2.39. The minimum atomic E-state index is -1.02. The molecule has 1 aromatic carbocycles. The zero-order valence-electron chi connectivity index (χ0n) is 9.16. The van der Waals surface area contributed by atoms with E-state index in [1.807, 2.05) is 0 Å². The van der Waals surface area contributed by atoms with Crippen molar-refractivity contribution in [3.05, 3.63) is 46.8 Å². The summed E-state index contributed by atoms with van der Waals surface area (Å²) in [5, 5.41) is 25.9. The van der Waals surface area contributed by atoms with E-state index in [0.717, 1.165) is 0 Å². The Labute approximate surface area is 103 Å². The molecule has 1 aromatic rings. The molecule has 6 nitrogen and oxygen atoms in total. The number of carboxylic acids is 1. The summed E-state index contributed by atoms with van der Waals surface area (Å²) < 4.78 is 0. The summed E-state index contributed by atoms with van der Waals surface area (Å²) in [5.74, 6) is -1.02. The summed E-state index contributed by atoms with van der Waals surface area (Å²) in [7, 11) is 0. The van der Waals surface area contributed by atoms with Crippen LogP contribution in [0.25, 0.3) is 0 Å². The first kappa shape index (κ1) is 12.9. The van der Waals surface area contributed by atoms with Crippen LogP contribution in [0.1, 0.15) is 15.9 Å². The molecule has 0 saturated heterocycles. The lowest BCUT2D eigenvalue weighted by molar-refractivity contribution is 0.0697. The van der Waals surface area contributed by atoms with Crippen LogP contribution in [0.4, 0.5) is 0 Å². The van der Waals surface area contributed by atoms with E-state index >= 15 is 0 Å². The van der Waals surface area contributed by atoms with Gasteiger partial charge in [0.2, 0.25) is 0 Å². The standard InChI is InChI=1S/C12H8N4O2/c13-5-10(15)11(6-14)16-7-8-1-3-9(4-2-8)12(17)18/h1-4,7H,15H2,(H,17,18)/b11-10+,16-7?. The normalized spacial score (nSPS) is 11.4. The van der Waals surface area contributed by atoms with Crippen LogP contribution in [0.15, 0.2) is 40.7 Å². The molecule has 0 atom stereocenters. The van der Waals surface area contributed by atoms with Crippen molar-refractivity contribution in [3.8, 4) is 12.1 Å². The largest absolute Gasteiger partial charge is 0.478 e. The molecule has 0 heterocycles. The molecule has 0 radical (unpaired) electrons. The molecule has 0 aliphatic rings. The highest BCUT2D eigenvalue weighted by atomic mass is 16.4. The van der Waals surface area contributed by atoms with Crippen LogP contribution < -0.4 is 5.73 Å².